The summed E-state index contributed by atoms with van der Waals surface area (Å²) in [5, 5.41) is 3.83. The Morgan fingerprint density at radius 2 is 2.12 bits per heavy atom. The van der Waals surface area contributed by atoms with E-state index < -0.39 is 0 Å². The minimum atomic E-state index is -0.241. The minimum absolute atomic E-state index is 0.0526. The van der Waals surface area contributed by atoms with Crippen LogP contribution in [0.2, 0.25) is 0 Å². The average molecular weight is 356 g/mol. The van der Waals surface area contributed by atoms with Crippen LogP contribution in [0, 0.1) is 6.92 Å². The summed E-state index contributed by atoms with van der Waals surface area (Å²) in [6.07, 6.45) is 1.63. The van der Waals surface area contributed by atoms with Gasteiger partial charge in [-0.15, -0.1) is 0 Å². The van der Waals surface area contributed by atoms with Gasteiger partial charge >= 0.3 is 0 Å². The number of hydrogen-bond acceptors (Lipinski definition) is 5. The summed E-state index contributed by atoms with van der Waals surface area (Å²) in [6, 6.07) is 9.26. The van der Waals surface area contributed by atoms with Gasteiger partial charge in [0.05, 0.1) is 18.9 Å². The lowest BCUT2D eigenvalue weighted by atomic mass is 10.1. The van der Waals surface area contributed by atoms with E-state index in [1.165, 1.54) is 0 Å². The second-order valence-corrected chi connectivity index (χ2v) is 6.35. The molecule has 0 spiro atoms. The third kappa shape index (κ3) is 3.60. The van der Waals surface area contributed by atoms with Gasteiger partial charge in [-0.3, -0.25) is 9.69 Å². The quantitative estimate of drug-likeness (QED) is 0.698. The highest BCUT2D eigenvalue weighted by atomic mass is 16.5. The van der Waals surface area contributed by atoms with Crippen molar-refractivity contribution in [2.24, 2.45) is 0 Å². The standard InChI is InChI=1S/C20H24N2O4/c1-5-24-14-8-9-17-15(11-14)13(2)19(26-17)20(23)21-12-16(22(3)4)18-7-6-10-25-18/h6-11,16H,5,12H2,1-4H3,(H,21,23)/t16-/m1/s1. The monoisotopic (exact) mass is 356 g/mol. The molecular weight excluding hydrogens is 332 g/mol. The Morgan fingerprint density at radius 3 is 2.77 bits per heavy atom. The summed E-state index contributed by atoms with van der Waals surface area (Å²) in [6.45, 7) is 4.83. The van der Waals surface area contributed by atoms with Gasteiger partial charge in [0.15, 0.2) is 5.76 Å². The molecule has 1 atom stereocenters. The van der Waals surface area contributed by atoms with Crippen LogP contribution in [0.5, 0.6) is 5.75 Å². The molecule has 1 aromatic carbocycles. The van der Waals surface area contributed by atoms with E-state index in [2.05, 4.69) is 5.32 Å². The molecule has 0 aliphatic carbocycles. The maximum atomic E-state index is 12.7. The van der Waals surface area contributed by atoms with Gasteiger partial charge in [0.25, 0.3) is 5.91 Å². The fourth-order valence-corrected chi connectivity index (χ4v) is 2.96. The number of likely N-dealkylation sites (N-methyl/N-ethyl adjacent to an activating group) is 1. The topological polar surface area (TPSA) is 67.8 Å². The summed E-state index contributed by atoms with van der Waals surface area (Å²) in [4.78, 5) is 14.7. The van der Waals surface area contributed by atoms with Crippen molar-refractivity contribution in [3.8, 4) is 5.75 Å². The van der Waals surface area contributed by atoms with E-state index in [4.69, 9.17) is 13.6 Å². The van der Waals surface area contributed by atoms with Gasteiger partial charge in [-0.25, -0.2) is 0 Å². The molecule has 2 aromatic heterocycles. The second kappa shape index (κ2) is 7.66. The SMILES string of the molecule is CCOc1ccc2oc(C(=O)NC[C@H](c3ccco3)N(C)C)c(C)c2c1. The Kier molecular flexibility index (Phi) is 5.32. The van der Waals surface area contributed by atoms with Crippen LogP contribution in [0.25, 0.3) is 11.0 Å². The van der Waals surface area contributed by atoms with Gasteiger partial charge in [0, 0.05) is 17.5 Å². The maximum absolute atomic E-state index is 12.7. The largest absolute Gasteiger partial charge is 0.494 e. The molecular formula is C20H24N2O4. The summed E-state index contributed by atoms with van der Waals surface area (Å²) in [5.41, 5.74) is 1.48. The Balaban J connectivity index is 1.78. The van der Waals surface area contributed by atoms with Crippen LogP contribution in [-0.4, -0.2) is 38.1 Å². The Labute approximate surface area is 152 Å². The zero-order valence-corrected chi connectivity index (χ0v) is 15.5. The molecule has 3 rings (SSSR count). The summed E-state index contributed by atoms with van der Waals surface area (Å²) in [7, 11) is 3.89. The molecule has 0 fully saturated rings. The number of fused-ring (bicyclic) bond motifs is 1. The highest BCUT2D eigenvalue weighted by Crippen LogP contribution is 2.29. The normalized spacial score (nSPS) is 12.5. The Bertz CT molecular complexity index is 881. The number of benzene rings is 1. The fraction of sp³-hybridized carbons (Fsp3) is 0.350. The van der Waals surface area contributed by atoms with Crippen molar-refractivity contribution in [3.63, 3.8) is 0 Å². The van der Waals surface area contributed by atoms with E-state index in [9.17, 15) is 4.79 Å². The minimum Gasteiger partial charge on any atom is -0.494 e. The van der Waals surface area contributed by atoms with Crippen LogP contribution in [-0.2, 0) is 0 Å². The molecule has 0 aliphatic rings. The molecule has 1 N–H and O–H groups in total. The molecule has 26 heavy (non-hydrogen) atoms. The molecule has 2 heterocycles. The van der Waals surface area contributed by atoms with Crippen LogP contribution in [0.15, 0.2) is 45.4 Å². The number of nitrogens with one attached hydrogen (secondary N) is 1. The third-order valence-electron chi connectivity index (χ3n) is 4.38. The highest BCUT2D eigenvalue weighted by molar-refractivity contribution is 5.99. The molecule has 0 bridgehead atoms. The molecule has 6 heteroatoms. The predicted octanol–water partition coefficient (Wildman–Crippen LogP) is 3.77. The molecule has 6 nitrogen and oxygen atoms in total. The number of rotatable bonds is 7. The van der Waals surface area contributed by atoms with Crippen molar-refractivity contribution in [2.75, 3.05) is 27.2 Å². The van der Waals surface area contributed by atoms with E-state index in [1.54, 1.807) is 6.26 Å². The van der Waals surface area contributed by atoms with Crippen LogP contribution >= 0.6 is 0 Å². The van der Waals surface area contributed by atoms with E-state index in [0.717, 1.165) is 22.5 Å². The van der Waals surface area contributed by atoms with Crippen LogP contribution in [0.1, 0.15) is 34.8 Å². The summed E-state index contributed by atoms with van der Waals surface area (Å²) in [5.74, 6) is 1.65. The van der Waals surface area contributed by atoms with Crippen molar-refractivity contribution < 1.29 is 18.4 Å². The number of amides is 1. The van der Waals surface area contributed by atoms with Gasteiger partial charge in [-0.2, -0.15) is 0 Å². The summed E-state index contributed by atoms with van der Waals surface area (Å²) >= 11 is 0. The molecule has 0 aliphatic heterocycles. The molecule has 138 valence electrons. The lowest BCUT2D eigenvalue weighted by Gasteiger charge is -2.22. The van der Waals surface area contributed by atoms with Crippen molar-refractivity contribution in [1.82, 2.24) is 10.2 Å². The Morgan fingerprint density at radius 1 is 1.31 bits per heavy atom. The molecule has 0 radical (unpaired) electrons. The van der Waals surface area contributed by atoms with Gasteiger partial charge in [-0.05, 0) is 58.3 Å². The first-order valence-electron chi connectivity index (χ1n) is 8.65. The highest BCUT2D eigenvalue weighted by Gasteiger charge is 2.22. The number of aryl methyl sites for hydroxylation is 1. The van der Waals surface area contributed by atoms with Gasteiger partial charge in [0.2, 0.25) is 0 Å². The number of ether oxygens (including phenoxy) is 1. The first-order chi connectivity index (χ1) is 12.5. The van der Waals surface area contributed by atoms with Gasteiger partial charge < -0.3 is 18.9 Å². The van der Waals surface area contributed by atoms with E-state index in [1.807, 2.05) is 63.2 Å². The number of hydrogen-bond donors (Lipinski definition) is 1. The number of nitrogens with zero attached hydrogens (tertiary/aromatic N) is 1. The van der Waals surface area contributed by atoms with Gasteiger partial charge in [0.1, 0.15) is 17.1 Å². The van der Waals surface area contributed by atoms with Gasteiger partial charge in [-0.1, -0.05) is 0 Å². The zero-order chi connectivity index (χ0) is 18.7. The fourth-order valence-electron chi connectivity index (χ4n) is 2.96. The van der Waals surface area contributed by atoms with Crippen molar-refractivity contribution >= 4 is 16.9 Å². The first kappa shape index (κ1) is 18.1. The van der Waals surface area contributed by atoms with Crippen molar-refractivity contribution in [3.05, 3.63) is 53.7 Å². The first-order valence-corrected chi connectivity index (χ1v) is 8.65. The van der Waals surface area contributed by atoms with Crippen LogP contribution in [0.4, 0.5) is 0 Å². The second-order valence-electron chi connectivity index (χ2n) is 6.35. The summed E-state index contributed by atoms with van der Waals surface area (Å²) < 4.78 is 16.8. The smallest absolute Gasteiger partial charge is 0.287 e. The number of carbonyl (C=O) groups is 1. The Hall–Kier alpha value is -2.73. The molecule has 1 amide bonds. The zero-order valence-electron chi connectivity index (χ0n) is 15.5. The van der Waals surface area contributed by atoms with E-state index in [0.29, 0.717) is 24.5 Å². The maximum Gasteiger partial charge on any atom is 0.287 e. The number of furan rings is 2. The molecule has 3 aromatic rings. The number of carbonyl (C=O) groups excluding carboxylic acids is 1. The van der Waals surface area contributed by atoms with Crippen molar-refractivity contribution in [2.45, 2.75) is 19.9 Å². The lowest BCUT2D eigenvalue weighted by molar-refractivity contribution is 0.0912. The molecule has 0 unspecified atom stereocenters. The van der Waals surface area contributed by atoms with Crippen LogP contribution in [0.3, 0.4) is 0 Å². The third-order valence-corrected chi connectivity index (χ3v) is 4.38. The predicted molar refractivity (Wildman–Crippen MR) is 99.6 cm³/mol. The molecule has 0 saturated carbocycles. The van der Waals surface area contributed by atoms with E-state index in [-0.39, 0.29) is 11.9 Å². The molecule has 0 saturated heterocycles. The van der Waals surface area contributed by atoms with E-state index >= 15 is 0 Å². The lowest BCUT2D eigenvalue weighted by Crippen LogP contribution is -2.34. The van der Waals surface area contributed by atoms with Crippen LogP contribution < -0.4 is 10.1 Å². The average Bonchev–Trinajstić information content (AvgIpc) is 3.24. The van der Waals surface area contributed by atoms with Crippen molar-refractivity contribution in [1.29, 1.82) is 0 Å².